The first-order chi connectivity index (χ1) is 10.8. The minimum atomic E-state index is -0.792. The first-order valence-electron chi connectivity index (χ1n) is 6.66. The molecular formula is C15H13Cl2N3O3. The Balaban J connectivity index is 2.34. The molecule has 0 saturated carbocycles. The molecule has 1 saturated heterocycles. The molecule has 0 aromatic heterocycles. The van der Waals surface area contributed by atoms with Crippen molar-refractivity contribution in [1.29, 1.82) is 0 Å². The molecule has 0 aliphatic carbocycles. The van der Waals surface area contributed by atoms with Gasteiger partial charge in [0.1, 0.15) is 6.54 Å². The Morgan fingerprint density at radius 3 is 2.30 bits per heavy atom. The molecule has 1 aliphatic heterocycles. The highest BCUT2D eigenvalue weighted by Gasteiger charge is 2.42. The second-order valence-corrected chi connectivity index (χ2v) is 5.97. The van der Waals surface area contributed by atoms with E-state index in [0.29, 0.717) is 0 Å². The van der Waals surface area contributed by atoms with Gasteiger partial charge in [-0.15, -0.1) is 0 Å². The fourth-order valence-corrected chi connectivity index (χ4v) is 2.64. The van der Waals surface area contributed by atoms with Crippen molar-refractivity contribution in [3.63, 3.8) is 0 Å². The van der Waals surface area contributed by atoms with Gasteiger partial charge in [-0.05, 0) is 32.0 Å². The van der Waals surface area contributed by atoms with E-state index in [1.54, 1.807) is 13.8 Å². The Labute approximate surface area is 143 Å². The zero-order valence-corrected chi connectivity index (χ0v) is 13.9. The van der Waals surface area contributed by atoms with Gasteiger partial charge in [-0.3, -0.25) is 9.69 Å². The highest BCUT2D eigenvalue weighted by molar-refractivity contribution is 6.35. The number of halogens is 2. The lowest BCUT2D eigenvalue weighted by atomic mass is 10.3. The summed E-state index contributed by atoms with van der Waals surface area (Å²) in [7, 11) is 0. The van der Waals surface area contributed by atoms with E-state index in [1.807, 2.05) is 0 Å². The van der Waals surface area contributed by atoms with Crippen molar-refractivity contribution >= 4 is 46.9 Å². The molecule has 23 heavy (non-hydrogen) atoms. The molecule has 2 rings (SSSR count). The van der Waals surface area contributed by atoms with Gasteiger partial charge in [-0.1, -0.05) is 29.6 Å². The average molecular weight is 354 g/mol. The molecule has 120 valence electrons. The lowest BCUT2D eigenvalue weighted by Gasteiger charge is -2.24. The van der Waals surface area contributed by atoms with Crippen molar-refractivity contribution in [2.45, 2.75) is 19.9 Å². The first-order valence-corrected chi connectivity index (χ1v) is 7.41. The number of anilines is 1. The van der Waals surface area contributed by atoms with Crippen LogP contribution in [0.25, 0.3) is 0 Å². The monoisotopic (exact) mass is 353 g/mol. The molecule has 0 bridgehead atoms. The quantitative estimate of drug-likeness (QED) is 0.466. The summed E-state index contributed by atoms with van der Waals surface area (Å²) in [6, 6.07) is 4.67. The summed E-state index contributed by atoms with van der Waals surface area (Å²) < 4.78 is 0. The number of hydrogen-bond donors (Lipinski definition) is 0. The zero-order valence-electron chi connectivity index (χ0n) is 12.4. The summed E-state index contributed by atoms with van der Waals surface area (Å²) in [6.07, 6.45) is 5.29. The molecule has 5 amide bonds. The van der Waals surface area contributed by atoms with Crippen LogP contribution in [0.15, 0.2) is 18.2 Å². The second-order valence-electron chi connectivity index (χ2n) is 5.10. The Morgan fingerprint density at radius 1 is 1.26 bits per heavy atom. The number of rotatable bonds is 2. The molecule has 1 fully saturated rings. The van der Waals surface area contributed by atoms with E-state index in [0.717, 1.165) is 14.7 Å². The van der Waals surface area contributed by atoms with Crippen LogP contribution in [0.1, 0.15) is 13.8 Å². The molecule has 1 aromatic carbocycles. The molecule has 6 nitrogen and oxygen atoms in total. The van der Waals surface area contributed by atoms with Crippen LogP contribution in [0.3, 0.4) is 0 Å². The normalized spacial score (nSPS) is 14.4. The highest BCUT2D eigenvalue weighted by Crippen LogP contribution is 2.29. The number of nitrogens with zero attached hydrogens (tertiary/aromatic N) is 3. The van der Waals surface area contributed by atoms with Crippen molar-refractivity contribution in [2.24, 2.45) is 0 Å². The Hall–Kier alpha value is -2.23. The Bertz CT molecular complexity index is 707. The van der Waals surface area contributed by atoms with Crippen molar-refractivity contribution in [3.8, 4) is 12.5 Å². The summed E-state index contributed by atoms with van der Waals surface area (Å²) in [4.78, 5) is 39.6. The number of carbonyl (C=O) groups is 3. The van der Waals surface area contributed by atoms with E-state index < -0.39 is 24.5 Å². The third-order valence-electron chi connectivity index (χ3n) is 3.16. The van der Waals surface area contributed by atoms with Crippen LogP contribution in [-0.4, -0.2) is 40.4 Å². The van der Waals surface area contributed by atoms with Crippen LogP contribution in [0.4, 0.5) is 15.3 Å². The average Bonchev–Trinajstić information content (AvgIpc) is 2.73. The van der Waals surface area contributed by atoms with Crippen LogP contribution in [0.2, 0.25) is 10.0 Å². The highest BCUT2D eigenvalue weighted by atomic mass is 35.5. The molecule has 8 heteroatoms. The van der Waals surface area contributed by atoms with Gasteiger partial charge in [0.25, 0.3) is 5.91 Å². The summed E-state index contributed by atoms with van der Waals surface area (Å²) >= 11 is 11.8. The van der Waals surface area contributed by atoms with Crippen molar-refractivity contribution in [3.05, 3.63) is 28.2 Å². The van der Waals surface area contributed by atoms with E-state index in [9.17, 15) is 14.4 Å². The van der Waals surface area contributed by atoms with E-state index in [4.69, 9.17) is 29.6 Å². The smallest absolute Gasteiger partial charge is 0.272 e. The maximum atomic E-state index is 12.5. The second kappa shape index (κ2) is 6.49. The van der Waals surface area contributed by atoms with Gasteiger partial charge < -0.3 is 0 Å². The molecule has 1 heterocycles. The molecule has 0 unspecified atom stereocenters. The van der Waals surface area contributed by atoms with Gasteiger partial charge in [0.2, 0.25) is 0 Å². The fraction of sp³-hybridized carbons (Fsp3) is 0.267. The van der Waals surface area contributed by atoms with Crippen LogP contribution < -0.4 is 4.90 Å². The van der Waals surface area contributed by atoms with Gasteiger partial charge in [-0.2, -0.15) is 0 Å². The molecule has 1 aliphatic rings. The molecule has 0 N–H and O–H groups in total. The van der Waals surface area contributed by atoms with Gasteiger partial charge in [-0.25, -0.2) is 19.4 Å². The third kappa shape index (κ3) is 3.26. The van der Waals surface area contributed by atoms with E-state index >= 15 is 0 Å². The van der Waals surface area contributed by atoms with Gasteiger partial charge >= 0.3 is 12.1 Å². The first kappa shape index (κ1) is 17.1. The largest absolute Gasteiger partial charge is 0.340 e. The van der Waals surface area contributed by atoms with E-state index in [-0.39, 0.29) is 21.8 Å². The van der Waals surface area contributed by atoms with Gasteiger partial charge in [0.15, 0.2) is 0 Å². The molecule has 0 spiro atoms. The topological polar surface area (TPSA) is 60.9 Å². The maximum absolute atomic E-state index is 12.5. The summed E-state index contributed by atoms with van der Waals surface area (Å²) in [5, 5.41) is 0.538. The Morgan fingerprint density at radius 2 is 1.83 bits per heavy atom. The number of amides is 5. The van der Waals surface area contributed by atoms with E-state index in [1.165, 1.54) is 18.2 Å². The van der Waals surface area contributed by atoms with Crippen LogP contribution >= 0.6 is 23.2 Å². The number of benzene rings is 1. The molecule has 0 atom stereocenters. The molecule has 0 radical (unpaired) electrons. The minimum Gasteiger partial charge on any atom is -0.272 e. The predicted octanol–water partition coefficient (Wildman–Crippen LogP) is 3.18. The number of hydrogen-bond acceptors (Lipinski definition) is 3. The number of carbonyl (C=O) groups excluding carboxylic acids is 3. The van der Waals surface area contributed by atoms with Crippen LogP contribution in [0, 0.1) is 12.5 Å². The zero-order chi connectivity index (χ0) is 17.3. The van der Waals surface area contributed by atoms with Crippen LogP contribution in [0.5, 0.6) is 0 Å². The predicted molar refractivity (Wildman–Crippen MR) is 87.3 cm³/mol. The Kier molecular flexibility index (Phi) is 4.83. The number of imide groups is 2. The van der Waals surface area contributed by atoms with Gasteiger partial charge in [0.05, 0.1) is 5.69 Å². The van der Waals surface area contributed by atoms with Gasteiger partial charge in [0, 0.05) is 22.1 Å². The van der Waals surface area contributed by atoms with Crippen LogP contribution in [-0.2, 0) is 4.79 Å². The number of urea groups is 2. The molecular weight excluding hydrogens is 341 g/mol. The lowest BCUT2D eigenvalue weighted by molar-refractivity contribution is -0.116. The maximum Gasteiger partial charge on any atom is 0.340 e. The van der Waals surface area contributed by atoms with Crippen molar-refractivity contribution in [2.75, 3.05) is 11.4 Å². The standard InChI is InChI=1S/C15H13Cl2N3O3/c1-4-18(9(2)3)14(22)19-8-13(21)20(15(19)23)12-6-10(16)5-11(17)7-12/h1,5-7,9H,8H2,2-3H3. The van der Waals surface area contributed by atoms with E-state index in [2.05, 4.69) is 6.04 Å². The summed E-state index contributed by atoms with van der Waals surface area (Å²) in [5.74, 6) is -0.567. The molecule has 1 aromatic rings. The SMILES string of the molecule is C#CN(C(=O)N1CC(=O)N(c2cc(Cl)cc(Cl)c2)C1=O)C(C)C. The minimum absolute atomic E-state index is 0.199. The summed E-state index contributed by atoms with van der Waals surface area (Å²) in [6.45, 7) is 3.01. The third-order valence-corrected chi connectivity index (χ3v) is 3.60. The lowest BCUT2D eigenvalue weighted by Crippen LogP contribution is -2.45. The fourth-order valence-electron chi connectivity index (χ4n) is 2.13. The van der Waals surface area contributed by atoms with Crippen molar-refractivity contribution in [1.82, 2.24) is 9.80 Å². The summed E-state index contributed by atoms with van der Waals surface area (Å²) in [5.41, 5.74) is 0.199. The van der Waals surface area contributed by atoms with Crippen molar-refractivity contribution < 1.29 is 14.4 Å². The number of terminal acetylenes is 1.